The van der Waals surface area contributed by atoms with Gasteiger partial charge in [0.2, 0.25) is 0 Å². The Balaban J connectivity index is 2.63. The highest BCUT2D eigenvalue weighted by Crippen LogP contribution is 2.25. The van der Waals surface area contributed by atoms with Gasteiger partial charge in [-0.25, -0.2) is 5.84 Å². The van der Waals surface area contributed by atoms with E-state index in [1.807, 2.05) is 24.5 Å². The van der Waals surface area contributed by atoms with Gasteiger partial charge in [-0.2, -0.15) is 0 Å². The zero-order valence-corrected chi connectivity index (χ0v) is 9.30. The number of hydrazine groups is 1. The fraction of sp³-hybridized carbons (Fsp3) is 0.222. The van der Waals surface area contributed by atoms with Crippen molar-refractivity contribution in [3.63, 3.8) is 0 Å². The third-order valence-corrected chi connectivity index (χ3v) is 2.23. The van der Waals surface area contributed by atoms with E-state index in [4.69, 9.17) is 10.6 Å². The van der Waals surface area contributed by atoms with Gasteiger partial charge in [-0.15, -0.1) is 0 Å². The second-order valence-electron chi connectivity index (χ2n) is 2.79. The molecule has 4 nitrogen and oxygen atoms in total. The third kappa shape index (κ3) is 3.01. The van der Waals surface area contributed by atoms with Crippen LogP contribution in [0.3, 0.4) is 0 Å². The van der Waals surface area contributed by atoms with E-state index in [0.717, 1.165) is 10.0 Å². The summed E-state index contributed by atoms with van der Waals surface area (Å²) in [6, 6.07) is 5.61. The number of hydrogen-bond donors (Lipinski definition) is 2. The first-order valence-corrected chi connectivity index (χ1v) is 4.81. The Morgan fingerprint density at radius 1 is 1.64 bits per heavy atom. The molecule has 0 bridgehead atoms. The molecule has 1 aromatic carbocycles. The van der Waals surface area contributed by atoms with Crippen LogP contribution < -0.4 is 16.0 Å². The highest BCUT2D eigenvalue weighted by atomic mass is 79.9. The molecule has 0 aliphatic carbocycles. The first kappa shape index (κ1) is 11.0. The molecular formula is C9H11BrN2O2. The Bertz CT molecular complexity index is 342. The molecule has 0 aliphatic rings. The Labute approximate surface area is 90.5 Å². The molecule has 0 aromatic heterocycles. The molecule has 14 heavy (non-hydrogen) atoms. The summed E-state index contributed by atoms with van der Waals surface area (Å²) in [5.74, 6) is 5.17. The Kier molecular flexibility index (Phi) is 3.91. The van der Waals surface area contributed by atoms with E-state index >= 15 is 0 Å². The third-order valence-electron chi connectivity index (χ3n) is 1.61. The standard InChI is InChI=1S/C9H11BrN2O2/c1-6-2-3-8(7(10)4-6)14-5-9(13)12-11/h2-4H,5,11H2,1H3,(H,12,13). The van der Waals surface area contributed by atoms with Crippen molar-refractivity contribution in [3.05, 3.63) is 28.2 Å². The summed E-state index contributed by atoms with van der Waals surface area (Å²) in [6.07, 6.45) is 0. The van der Waals surface area contributed by atoms with Gasteiger partial charge in [0.15, 0.2) is 6.61 Å². The number of aryl methyl sites for hydroxylation is 1. The molecule has 0 unspecified atom stereocenters. The van der Waals surface area contributed by atoms with E-state index in [1.165, 1.54) is 0 Å². The summed E-state index contributed by atoms with van der Waals surface area (Å²) in [7, 11) is 0. The van der Waals surface area contributed by atoms with Crippen LogP contribution >= 0.6 is 15.9 Å². The second-order valence-corrected chi connectivity index (χ2v) is 3.64. The van der Waals surface area contributed by atoms with E-state index in [-0.39, 0.29) is 12.5 Å². The number of nitrogens with two attached hydrogens (primary N) is 1. The molecule has 0 fully saturated rings. The summed E-state index contributed by atoms with van der Waals surface area (Å²) >= 11 is 3.33. The van der Waals surface area contributed by atoms with Gasteiger partial charge >= 0.3 is 0 Å². The van der Waals surface area contributed by atoms with Crippen molar-refractivity contribution in [1.29, 1.82) is 0 Å². The van der Waals surface area contributed by atoms with Crippen molar-refractivity contribution in [2.45, 2.75) is 6.92 Å². The van der Waals surface area contributed by atoms with Crippen LogP contribution in [-0.4, -0.2) is 12.5 Å². The van der Waals surface area contributed by atoms with Crippen molar-refractivity contribution in [1.82, 2.24) is 5.43 Å². The van der Waals surface area contributed by atoms with E-state index in [9.17, 15) is 4.79 Å². The Hall–Kier alpha value is -1.07. The number of carbonyl (C=O) groups excluding carboxylic acids is 1. The first-order chi connectivity index (χ1) is 6.63. The highest BCUT2D eigenvalue weighted by molar-refractivity contribution is 9.10. The number of nitrogens with one attached hydrogen (secondary N) is 1. The summed E-state index contributed by atoms with van der Waals surface area (Å²) in [6.45, 7) is 1.89. The van der Waals surface area contributed by atoms with Crippen molar-refractivity contribution < 1.29 is 9.53 Å². The molecule has 0 spiro atoms. The predicted molar refractivity (Wildman–Crippen MR) is 56.7 cm³/mol. The number of amides is 1. The lowest BCUT2D eigenvalue weighted by atomic mass is 10.2. The van der Waals surface area contributed by atoms with Gasteiger partial charge in [-0.3, -0.25) is 10.2 Å². The van der Waals surface area contributed by atoms with Crippen LogP contribution in [0.5, 0.6) is 5.75 Å². The minimum Gasteiger partial charge on any atom is -0.483 e. The molecule has 0 saturated heterocycles. The molecule has 76 valence electrons. The highest BCUT2D eigenvalue weighted by Gasteiger charge is 2.03. The maximum Gasteiger partial charge on any atom is 0.271 e. The maximum atomic E-state index is 10.8. The van der Waals surface area contributed by atoms with E-state index < -0.39 is 0 Å². The van der Waals surface area contributed by atoms with Gasteiger partial charge in [0.1, 0.15) is 5.75 Å². The first-order valence-electron chi connectivity index (χ1n) is 4.02. The van der Waals surface area contributed by atoms with E-state index in [1.54, 1.807) is 6.07 Å². The Morgan fingerprint density at radius 3 is 2.93 bits per heavy atom. The molecule has 5 heteroatoms. The molecule has 0 heterocycles. The van der Waals surface area contributed by atoms with Crippen LogP contribution in [0, 0.1) is 6.92 Å². The van der Waals surface area contributed by atoms with Gasteiger partial charge < -0.3 is 4.74 Å². The predicted octanol–water partition coefficient (Wildman–Crippen LogP) is 1.13. The molecular weight excluding hydrogens is 248 g/mol. The largest absolute Gasteiger partial charge is 0.483 e. The summed E-state index contributed by atoms with van der Waals surface area (Å²) in [5.41, 5.74) is 3.10. The van der Waals surface area contributed by atoms with E-state index in [0.29, 0.717) is 5.75 Å². The zero-order chi connectivity index (χ0) is 10.6. The van der Waals surface area contributed by atoms with Gasteiger partial charge in [-0.1, -0.05) is 6.07 Å². The average Bonchev–Trinajstić information content (AvgIpc) is 2.16. The molecule has 1 aromatic rings. The number of benzene rings is 1. The lowest BCUT2D eigenvalue weighted by Crippen LogP contribution is -2.34. The molecule has 0 saturated carbocycles. The maximum absolute atomic E-state index is 10.8. The van der Waals surface area contributed by atoms with Crippen molar-refractivity contribution in [2.75, 3.05) is 6.61 Å². The molecule has 1 rings (SSSR count). The van der Waals surface area contributed by atoms with Crippen LogP contribution in [0.25, 0.3) is 0 Å². The number of ether oxygens (including phenoxy) is 1. The van der Waals surface area contributed by atoms with Crippen molar-refractivity contribution in [2.24, 2.45) is 5.84 Å². The van der Waals surface area contributed by atoms with Gasteiger partial charge in [0, 0.05) is 0 Å². The smallest absolute Gasteiger partial charge is 0.271 e. The van der Waals surface area contributed by atoms with Crippen LogP contribution in [0.4, 0.5) is 0 Å². The fourth-order valence-corrected chi connectivity index (χ4v) is 1.52. The monoisotopic (exact) mass is 258 g/mol. The van der Waals surface area contributed by atoms with Crippen LogP contribution in [0.2, 0.25) is 0 Å². The normalized spacial score (nSPS) is 9.64. The minimum absolute atomic E-state index is 0.0852. The Morgan fingerprint density at radius 2 is 2.36 bits per heavy atom. The quantitative estimate of drug-likeness (QED) is 0.486. The number of halogens is 1. The molecule has 3 N–H and O–H groups in total. The molecule has 1 amide bonds. The molecule has 0 atom stereocenters. The second kappa shape index (κ2) is 4.97. The SMILES string of the molecule is Cc1ccc(OCC(=O)NN)c(Br)c1. The summed E-state index contributed by atoms with van der Waals surface area (Å²) < 4.78 is 6.03. The summed E-state index contributed by atoms with van der Waals surface area (Å²) in [4.78, 5) is 10.8. The zero-order valence-electron chi connectivity index (χ0n) is 7.71. The number of rotatable bonds is 3. The molecule has 0 radical (unpaired) electrons. The number of carbonyl (C=O) groups is 1. The average molecular weight is 259 g/mol. The van der Waals surface area contributed by atoms with Gasteiger partial charge in [-0.05, 0) is 40.5 Å². The van der Waals surface area contributed by atoms with Crippen molar-refractivity contribution >= 4 is 21.8 Å². The minimum atomic E-state index is -0.363. The topological polar surface area (TPSA) is 64.3 Å². The van der Waals surface area contributed by atoms with Crippen LogP contribution in [0.1, 0.15) is 5.56 Å². The van der Waals surface area contributed by atoms with Crippen LogP contribution in [-0.2, 0) is 4.79 Å². The summed E-state index contributed by atoms with van der Waals surface area (Å²) in [5, 5.41) is 0. The van der Waals surface area contributed by atoms with Crippen molar-refractivity contribution in [3.8, 4) is 5.75 Å². The fourth-order valence-electron chi connectivity index (χ4n) is 0.908. The van der Waals surface area contributed by atoms with Gasteiger partial charge in [0.05, 0.1) is 4.47 Å². The number of hydrogen-bond acceptors (Lipinski definition) is 3. The lowest BCUT2D eigenvalue weighted by Gasteiger charge is -2.07. The van der Waals surface area contributed by atoms with Crippen LogP contribution in [0.15, 0.2) is 22.7 Å². The molecule has 0 aliphatic heterocycles. The lowest BCUT2D eigenvalue weighted by molar-refractivity contribution is -0.123. The van der Waals surface area contributed by atoms with E-state index in [2.05, 4.69) is 15.9 Å². The van der Waals surface area contributed by atoms with Gasteiger partial charge in [0.25, 0.3) is 5.91 Å².